The van der Waals surface area contributed by atoms with E-state index in [1.807, 2.05) is 39.4 Å². The van der Waals surface area contributed by atoms with Gasteiger partial charge in [0.25, 0.3) is 0 Å². The fraction of sp³-hybridized carbons (Fsp3) is 0.818. The van der Waals surface area contributed by atoms with Gasteiger partial charge in [0.1, 0.15) is 19.8 Å². The summed E-state index contributed by atoms with van der Waals surface area (Å²) < 4.78 is 34.2. The number of phosphoric ester groups is 1. The van der Waals surface area contributed by atoms with Crippen LogP contribution < -0.4 is 0 Å². The Morgan fingerprint density at radius 2 is 1.35 bits per heavy atom. The maximum Gasteiger partial charge on any atom is 0.472 e. The number of hydrogen-bond donors (Lipinski definition) is 4. The summed E-state index contributed by atoms with van der Waals surface area (Å²) in [5, 5.41) is 31.3. The van der Waals surface area contributed by atoms with Crippen LogP contribution in [0.5, 0.6) is 0 Å². The van der Waals surface area contributed by atoms with Crippen molar-refractivity contribution in [2.45, 2.75) is 173 Å². The van der Waals surface area contributed by atoms with Crippen molar-refractivity contribution in [2.75, 3.05) is 47.5 Å². The summed E-state index contributed by atoms with van der Waals surface area (Å²) in [6.45, 7) is 4.00. The smallest absolute Gasteiger partial charge is 0.462 e. The van der Waals surface area contributed by atoms with Gasteiger partial charge in [-0.2, -0.15) is 0 Å². The predicted octanol–water partition coefficient (Wildman–Crippen LogP) is 8.51. The molecule has 4 N–H and O–H groups in total. The molecule has 0 aromatic rings. The Morgan fingerprint density at radius 3 is 2.04 bits per heavy atom. The van der Waals surface area contributed by atoms with Crippen LogP contribution in [-0.2, 0) is 32.7 Å². The maximum atomic E-state index is 12.7. The molecular weight excluding hydrogens is 749 g/mol. The van der Waals surface area contributed by atoms with Gasteiger partial charge in [-0.05, 0) is 63.7 Å². The van der Waals surface area contributed by atoms with Crippen molar-refractivity contribution < 1.29 is 57.4 Å². The molecule has 332 valence electrons. The van der Waals surface area contributed by atoms with Crippen LogP contribution in [-0.4, -0.2) is 109 Å². The van der Waals surface area contributed by atoms with E-state index in [1.54, 1.807) is 6.08 Å². The molecule has 0 aromatic heterocycles. The van der Waals surface area contributed by atoms with Crippen LogP contribution in [0.2, 0.25) is 0 Å². The van der Waals surface area contributed by atoms with Crippen LogP contribution in [0.15, 0.2) is 36.5 Å². The minimum absolute atomic E-state index is 0.00928. The van der Waals surface area contributed by atoms with E-state index >= 15 is 0 Å². The van der Waals surface area contributed by atoms with Crippen LogP contribution in [0.1, 0.15) is 149 Å². The lowest BCUT2D eigenvalue weighted by molar-refractivity contribution is -0.870. The van der Waals surface area contributed by atoms with E-state index in [4.69, 9.17) is 18.5 Å². The Kier molecular flexibility index (Phi) is 29.8. The summed E-state index contributed by atoms with van der Waals surface area (Å²) in [7, 11) is 1.34. The summed E-state index contributed by atoms with van der Waals surface area (Å²) in [4.78, 5) is 35.5. The number of ether oxygens (including phenoxy) is 2. The number of esters is 2. The first-order valence-electron chi connectivity index (χ1n) is 22.0. The zero-order valence-corrected chi connectivity index (χ0v) is 37.0. The first kappa shape index (κ1) is 53.1. The first-order chi connectivity index (χ1) is 27.2. The van der Waals surface area contributed by atoms with Gasteiger partial charge in [0.15, 0.2) is 6.10 Å². The second-order valence-electron chi connectivity index (χ2n) is 16.7. The Hall–Kier alpha value is -1.89. The molecule has 0 spiro atoms. The van der Waals surface area contributed by atoms with Crippen molar-refractivity contribution in [3.8, 4) is 0 Å². The normalized spacial score (nSPS) is 21.1. The highest BCUT2D eigenvalue weighted by Gasteiger charge is 2.39. The minimum atomic E-state index is -4.44. The molecule has 1 rings (SSSR count). The first-order valence-corrected chi connectivity index (χ1v) is 23.5. The summed E-state index contributed by atoms with van der Waals surface area (Å²) >= 11 is 0. The largest absolute Gasteiger partial charge is 0.472 e. The van der Waals surface area contributed by atoms with Crippen LogP contribution >= 0.6 is 7.82 Å². The molecule has 0 bridgehead atoms. The molecule has 13 heteroatoms. The van der Waals surface area contributed by atoms with E-state index < -0.39 is 50.8 Å². The van der Waals surface area contributed by atoms with Gasteiger partial charge in [0.05, 0.1) is 46.1 Å². The van der Waals surface area contributed by atoms with Crippen molar-refractivity contribution in [1.82, 2.24) is 0 Å². The third kappa shape index (κ3) is 29.1. The highest BCUT2D eigenvalue weighted by Crippen LogP contribution is 2.43. The van der Waals surface area contributed by atoms with Crippen molar-refractivity contribution >= 4 is 19.8 Å². The average molecular weight is 831 g/mol. The second kappa shape index (κ2) is 32.0. The van der Waals surface area contributed by atoms with Gasteiger partial charge < -0.3 is 34.2 Å². The maximum absolute atomic E-state index is 12.7. The van der Waals surface area contributed by atoms with Crippen LogP contribution in [0, 0.1) is 11.8 Å². The Labute approximate surface area is 345 Å². The molecule has 0 amide bonds. The number of phosphoric acid groups is 1. The monoisotopic (exact) mass is 831 g/mol. The number of hydrogen-bond acceptors (Lipinski definition) is 10. The van der Waals surface area contributed by atoms with E-state index in [0.717, 1.165) is 57.8 Å². The summed E-state index contributed by atoms with van der Waals surface area (Å²) in [5.41, 5.74) is 0. The quantitative estimate of drug-likeness (QED) is 0.0159. The molecular formula is C44H81NO11P+. The van der Waals surface area contributed by atoms with E-state index in [9.17, 15) is 34.4 Å². The molecule has 1 saturated carbocycles. The molecule has 0 radical (unpaired) electrons. The third-order valence-electron chi connectivity index (χ3n) is 10.2. The average Bonchev–Trinajstić information content (AvgIpc) is 3.41. The topological polar surface area (TPSA) is 169 Å². The molecule has 1 aliphatic carbocycles. The zero-order chi connectivity index (χ0) is 42.4. The highest BCUT2D eigenvalue weighted by molar-refractivity contribution is 7.47. The molecule has 0 aromatic carbocycles. The molecule has 57 heavy (non-hydrogen) atoms. The number of rotatable bonds is 35. The number of carbonyl (C=O) groups is 2. The number of nitrogens with zero attached hydrogens (tertiary/aromatic N) is 1. The van der Waals surface area contributed by atoms with Gasteiger partial charge in [-0.15, -0.1) is 0 Å². The fourth-order valence-electron chi connectivity index (χ4n) is 6.65. The van der Waals surface area contributed by atoms with Gasteiger partial charge in [-0.25, -0.2) is 4.57 Å². The number of carbonyl (C=O) groups excluding carboxylic acids is 2. The molecule has 0 aliphatic heterocycles. The van der Waals surface area contributed by atoms with Gasteiger partial charge in [-0.3, -0.25) is 18.6 Å². The van der Waals surface area contributed by atoms with Gasteiger partial charge in [0.2, 0.25) is 0 Å². The number of allylic oxidation sites excluding steroid dienone is 4. The molecule has 1 aliphatic rings. The molecule has 0 saturated heterocycles. The van der Waals surface area contributed by atoms with Crippen molar-refractivity contribution in [3.63, 3.8) is 0 Å². The Balaban J connectivity index is 2.53. The van der Waals surface area contributed by atoms with Gasteiger partial charge in [0, 0.05) is 25.2 Å². The third-order valence-corrected chi connectivity index (χ3v) is 11.2. The zero-order valence-electron chi connectivity index (χ0n) is 36.1. The minimum Gasteiger partial charge on any atom is -0.462 e. The van der Waals surface area contributed by atoms with Crippen molar-refractivity contribution in [2.24, 2.45) is 11.8 Å². The summed E-state index contributed by atoms with van der Waals surface area (Å²) in [6.07, 6.45) is 27.2. The number of quaternary nitrogens is 1. The fourth-order valence-corrected chi connectivity index (χ4v) is 7.39. The van der Waals surface area contributed by atoms with Gasteiger partial charge >= 0.3 is 19.8 Å². The number of unbranched alkanes of at least 4 members (excludes halogenated alkanes) is 12. The summed E-state index contributed by atoms with van der Waals surface area (Å²) in [5.74, 6) is -1.40. The Bertz CT molecular complexity index is 1190. The molecule has 0 heterocycles. The predicted molar refractivity (Wildman–Crippen MR) is 226 cm³/mol. The molecule has 1 fully saturated rings. The van der Waals surface area contributed by atoms with Gasteiger partial charge in [-0.1, -0.05) is 108 Å². The van der Waals surface area contributed by atoms with E-state index in [-0.39, 0.29) is 37.9 Å². The number of likely N-dealkylation sites (N-methyl/N-ethyl adjacent to an activating group) is 1. The standard InChI is InChI=1S/C44H80NO11P/c1-6-8-10-11-12-13-14-15-16-17-18-19-25-29-44(50)56-38(36-55-57(51,52)54-33-32-45(3,4)5)35-53-43(49)28-24-21-20-23-27-39-40(42(48)34-41(39)47)31-30-37(46)26-22-9-7-2/h13-14,20,23,30-31,37-42,46-48H,6-12,15-19,21-22,24-29,32-36H2,1-5H3/p+1/b14-13-,23-20+,31-30+/t37-,38+,39+,40+,41-,42+/m0/s1. The lowest BCUT2D eigenvalue weighted by Gasteiger charge is -2.24. The number of aliphatic hydroxyl groups is 3. The van der Waals surface area contributed by atoms with Crippen LogP contribution in [0.4, 0.5) is 0 Å². The van der Waals surface area contributed by atoms with Crippen LogP contribution in [0.25, 0.3) is 0 Å². The molecule has 7 atom stereocenters. The van der Waals surface area contributed by atoms with Crippen LogP contribution in [0.3, 0.4) is 0 Å². The molecule has 12 nitrogen and oxygen atoms in total. The van der Waals surface area contributed by atoms with Crippen molar-refractivity contribution in [3.05, 3.63) is 36.5 Å². The number of aliphatic hydroxyl groups excluding tert-OH is 3. The van der Waals surface area contributed by atoms with Crippen molar-refractivity contribution in [1.29, 1.82) is 0 Å². The Morgan fingerprint density at radius 1 is 0.754 bits per heavy atom. The highest BCUT2D eigenvalue weighted by atomic mass is 31.2. The summed E-state index contributed by atoms with van der Waals surface area (Å²) in [6, 6.07) is 0. The van der Waals surface area contributed by atoms with E-state index in [1.165, 1.54) is 25.7 Å². The SMILES string of the molecule is CCCCCC/C=C\CCCCCCCC(=O)O[C@H](COC(=O)CCC/C=C/C[C@@H]1[C@@H](/C=C/[C@@H](O)CCCCC)[C@H](O)C[C@@H]1O)COP(=O)(O)OCC[N+](C)(C)C. The molecule has 1 unspecified atom stereocenters. The van der Waals surface area contributed by atoms with E-state index in [0.29, 0.717) is 49.6 Å². The van der Waals surface area contributed by atoms with E-state index in [2.05, 4.69) is 26.0 Å². The second-order valence-corrected chi connectivity index (χ2v) is 18.1. The lowest BCUT2D eigenvalue weighted by Crippen LogP contribution is -2.37. The lowest BCUT2D eigenvalue weighted by atomic mass is 9.89.